The molecule has 192 valence electrons. The van der Waals surface area contributed by atoms with Gasteiger partial charge in [0, 0.05) is 36.1 Å². The Labute approximate surface area is 221 Å². The van der Waals surface area contributed by atoms with E-state index in [1.165, 1.54) is 14.2 Å². The van der Waals surface area contributed by atoms with Crippen molar-refractivity contribution in [2.75, 3.05) is 37.5 Å². The van der Waals surface area contributed by atoms with Gasteiger partial charge in [0.25, 0.3) is 5.91 Å². The largest absolute Gasteiger partial charge is 0.497 e. The first-order chi connectivity index (χ1) is 17.8. The van der Waals surface area contributed by atoms with Crippen LogP contribution >= 0.6 is 12.2 Å². The molecule has 0 aliphatic heterocycles. The Morgan fingerprint density at radius 3 is 2.11 bits per heavy atom. The van der Waals surface area contributed by atoms with Crippen LogP contribution in [0.4, 0.5) is 11.4 Å². The predicted molar refractivity (Wildman–Crippen MR) is 150 cm³/mol. The molecule has 0 aliphatic rings. The van der Waals surface area contributed by atoms with Crippen molar-refractivity contribution in [1.82, 2.24) is 20.3 Å². The van der Waals surface area contributed by atoms with Gasteiger partial charge in [-0.25, -0.2) is 0 Å². The van der Waals surface area contributed by atoms with Crippen molar-refractivity contribution in [3.05, 3.63) is 65.7 Å². The highest BCUT2D eigenvalue weighted by atomic mass is 32.1. The van der Waals surface area contributed by atoms with Crippen molar-refractivity contribution in [3.63, 3.8) is 0 Å². The fourth-order valence-corrected chi connectivity index (χ4v) is 4.17. The van der Waals surface area contributed by atoms with E-state index in [9.17, 15) is 4.79 Å². The van der Waals surface area contributed by atoms with Crippen LogP contribution in [0.5, 0.6) is 11.5 Å². The summed E-state index contributed by atoms with van der Waals surface area (Å²) in [5.41, 5.74) is 5.50. The average Bonchev–Trinajstić information content (AvgIpc) is 3.32. The van der Waals surface area contributed by atoms with Crippen molar-refractivity contribution in [3.8, 4) is 17.2 Å². The first-order valence-electron chi connectivity index (χ1n) is 11.9. The monoisotopic (exact) mass is 518 g/mol. The summed E-state index contributed by atoms with van der Waals surface area (Å²) in [5.74, 6) is 0.637. The molecular weight excluding hydrogens is 488 g/mol. The van der Waals surface area contributed by atoms with Crippen molar-refractivity contribution in [1.29, 1.82) is 0 Å². The molecule has 4 aromatic rings. The molecule has 0 unspecified atom stereocenters. The number of methoxy groups -OCH3 is 2. The lowest BCUT2D eigenvalue weighted by Crippen LogP contribution is -2.34. The highest BCUT2D eigenvalue weighted by molar-refractivity contribution is 7.80. The Morgan fingerprint density at radius 1 is 0.946 bits per heavy atom. The summed E-state index contributed by atoms with van der Waals surface area (Å²) in [6.07, 6.45) is 0. The molecular formula is C27H30N6O3S. The molecule has 3 aromatic carbocycles. The number of thiocarbonyl (C=S) groups is 1. The molecule has 0 radical (unpaired) electrons. The molecule has 0 atom stereocenters. The zero-order valence-electron chi connectivity index (χ0n) is 21.5. The highest BCUT2D eigenvalue weighted by Crippen LogP contribution is 2.24. The van der Waals surface area contributed by atoms with Crippen LogP contribution < -0.4 is 25.0 Å². The van der Waals surface area contributed by atoms with Crippen LogP contribution in [0.15, 0.2) is 54.6 Å². The number of hydrogen-bond acceptors (Lipinski definition) is 7. The lowest BCUT2D eigenvalue weighted by atomic mass is 10.1. The van der Waals surface area contributed by atoms with Gasteiger partial charge in [-0.3, -0.25) is 10.1 Å². The quantitative estimate of drug-likeness (QED) is 0.324. The molecule has 1 amide bonds. The maximum absolute atomic E-state index is 12.8. The number of fused-ring (bicyclic) bond motifs is 1. The Hall–Kier alpha value is -4.18. The van der Waals surface area contributed by atoms with Crippen LogP contribution in [0.1, 0.15) is 29.8 Å². The predicted octanol–water partition coefficient (Wildman–Crippen LogP) is 4.72. The van der Waals surface area contributed by atoms with Crippen LogP contribution in [0.2, 0.25) is 0 Å². The van der Waals surface area contributed by atoms with E-state index in [-0.39, 0.29) is 11.0 Å². The van der Waals surface area contributed by atoms with Crippen molar-refractivity contribution in [2.24, 2.45) is 0 Å². The third-order valence-corrected chi connectivity index (χ3v) is 6.23. The maximum Gasteiger partial charge on any atom is 0.257 e. The summed E-state index contributed by atoms with van der Waals surface area (Å²) in [7, 11) is 3.05. The Bertz CT molecular complexity index is 1410. The van der Waals surface area contributed by atoms with Gasteiger partial charge in [-0.15, -0.1) is 10.2 Å². The van der Waals surface area contributed by atoms with Gasteiger partial charge in [0.15, 0.2) is 5.11 Å². The molecule has 4 rings (SSSR count). The number of aryl methyl sites for hydroxylation is 1. The SMILES string of the molecule is CCN(CC)c1ccc(-n2nc3cc(C)c(NC(=S)NC(=O)c4cc(OC)cc(OC)c4)cc3n2)cc1. The average molecular weight is 519 g/mol. The van der Waals surface area contributed by atoms with Gasteiger partial charge in [0.05, 0.1) is 19.9 Å². The lowest BCUT2D eigenvalue weighted by Gasteiger charge is -2.20. The summed E-state index contributed by atoms with van der Waals surface area (Å²) in [6, 6.07) is 16.9. The molecule has 0 fully saturated rings. The second-order valence-corrected chi connectivity index (χ2v) is 8.75. The van der Waals surface area contributed by atoms with E-state index in [2.05, 4.69) is 51.7 Å². The first-order valence-corrected chi connectivity index (χ1v) is 12.3. The molecule has 10 heteroatoms. The number of aromatic nitrogens is 3. The molecule has 0 spiro atoms. The Balaban J connectivity index is 1.50. The minimum atomic E-state index is -0.382. The second kappa shape index (κ2) is 11.3. The third kappa shape index (κ3) is 5.80. The number of hydrogen-bond donors (Lipinski definition) is 2. The van der Waals surface area contributed by atoms with E-state index in [1.807, 2.05) is 31.2 Å². The molecule has 0 saturated carbocycles. The molecule has 37 heavy (non-hydrogen) atoms. The van der Waals surface area contributed by atoms with Gasteiger partial charge in [-0.1, -0.05) is 0 Å². The normalized spacial score (nSPS) is 10.7. The molecule has 1 heterocycles. The molecule has 1 aromatic heterocycles. The number of amides is 1. The van der Waals surface area contributed by atoms with E-state index in [0.717, 1.165) is 41.2 Å². The van der Waals surface area contributed by atoms with Crippen LogP contribution in [-0.2, 0) is 0 Å². The number of ether oxygens (including phenoxy) is 2. The van der Waals surface area contributed by atoms with Crippen LogP contribution in [-0.4, -0.2) is 53.3 Å². The number of carbonyl (C=O) groups excluding carboxylic acids is 1. The zero-order chi connectivity index (χ0) is 26.5. The summed E-state index contributed by atoms with van der Waals surface area (Å²) < 4.78 is 10.5. The highest BCUT2D eigenvalue weighted by Gasteiger charge is 2.14. The van der Waals surface area contributed by atoms with Gasteiger partial charge in [0.1, 0.15) is 22.5 Å². The van der Waals surface area contributed by atoms with E-state index in [1.54, 1.807) is 23.0 Å². The fraction of sp³-hybridized carbons (Fsp3) is 0.259. The van der Waals surface area contributed by atoms with Gasteiger partial charge in [-0.2, -0.15) is 4.80 Å². The summed E-state index contributed by atoms with van der Waals surface area (Å²) in [5, 5.41) is 15.2. The summed E-state index contributed by atoms with van der Waals surface area (Å²) >= 11 is 5.40. The summed E-state index contributed by atoms with van der Waals surface area (Å²) in [6.45, 7) is 8.12. The standard InChI is InChI=1S/C27H30N6O3S/c1-6-32(7-2)19-8-10-20(11-9-19)33-30-24-12-17(3)23(16-25(24)31-33)28-27(37)29-26(34)18-13-21(35-4)15-22(14-18)36-5/h8-16H,6-7H2,1-5H3,(H2,28,29,34,37). The number of nitrogens with zero attached hydrogens (tertiary/aromatic N) is 4. The van der Waals surface area contributed by atoms with E-state index in [4.69, 9.17) is 21.7 Å². The first kappa shape index (κ1) is 25.9. The van der Waals surface area contributed by atoms with Crippen LogP contribution in [0.3, 0.4) is 0 Å². The number of benzene rings is 3. The third-order valence-electron chi connectivity index (χ3n) is 6.02. The van der Waals surface area contributed by atoms with Crippen LogP contribution in [0.25, 0.3) is 16.7 Å². The molecule has 0 aliphatic carbocycles. The van der Waals surface area contributed by atoms with Crippen molar-refractivity contribution >= 4 is 45.6 Å². The summed E-state index contributed by atoms with van der Waals surface area (Å²) in [4.78, 5) is 16.7. The zero-order valence-corrected chi connectivity index (χ0v) is 22.3. The number of nitrogens with one attached hydrogen (secondary N) is 2. The van der Waals surface area contributed by atoms with E-state index in [0.29, 0.717) is 22.6 Å². The molecule has 0 bridgehead atoms. The van der Waals surface area contributed by atoms with Crippen molar-refractivity contribution < 1.29 is 14.3 Å². The number of anilines is 2. The lowest BCUT2D eigenvalue weighted by molar-refractivity contribution is 0.0977. The smallest absolute Gasteiger partial charge is 0.257 e. The molecule has 0 saturated heterocycles. The number of rotatable bonds is 8. The van der Waals surface area contributed by atoms with Crippen LogP contribution in [0, 0.1) is 6.92 Å². The topological polar surface area (TPSA) is 93.5 Å². The number of carbonyl (C=O) groups is 1. The Kier molecular flexibility index (Phi) is 7.88. The van der Waals surface area contributed by atoms with Gasteiger partial charge < -0.3 is 19.7 Å². The van der Waals surface area contributed by atoms with Gasteiger partial charge in [-0.05, 0) is 87.1 Å². The van der Waals surface area contributed by atoms with Gasteiger partial charge in [0.2, 0.25) is 0 Å². The van der Waals surface area contributed by atoms with E-state index < -0.39 is 0 Å². The molecule has 9 nitrogen and oxygen atoms in total. The van der Waals surface area contributed by atoms with Crippen molar-refractivity contribution in [2.45, 2.75) is 20.8 Å². The van der Waals surface area contributed by atoms with E-state index >= 15 is 0 Å². The Morgan fingerprint density at radius 2 is 1.54 bits per heavy atom. The minimum absolute atomic E-state index is 0.161. The minimum Gasteiger partial charge on any atom is -0.497 e. The second-order valence-electron chi connectivity index (χ2n) is 8.34. The maximum atomic E-state index is 12.8. The van der Waals surface area contributed by atoms with Gasteiger partial charge >= 0.3 is 0 Å². The fourth-order valence-electron chi connectivity index (χ4n) is 3.97. The molecule has 2 N–H and O–H groups in total.